The van der Waals surface area contributed by atoms with Crippen LogP contribution in [0.3, 0.4) is 0 Å². The average molecular weight is 324 g/mol. The lowest BCUT2D eigenvalue weighted by Crippen LogP contribution is -2.54. The van der Waals surface area contributed by atoms with Crippen molar-refractivity contribution in [2.45, 2.75) is 25.0 Å². The number of aliphatic hydroxyl groups excluding tert-OH is 1. The number of methoxy groups -OCH3 is 1. The van der Waals surface area contributed by atoms with Crippen molar-refractivity contribution in [2.24, 2.45) is 11.8 Å². The monoisotopic (exact) mass is 324 g/mol. The van der Waals surface area contributed by atoms with Crippen molar-refractivity contribution in [1.29, 1.82) is 0 Å². The molecule has 126 valence electrons. The molecule has 4 nitrogen and oxygen atoms in total. The molecule has 0 saturated carbocycles. The van der Waals surface area contributed by atoms with Crippen molar-refractivity contribution in [3.63, 3.8) is 0 Å². The predicted molar refractivity (Wildman–Crippen MR) is 95.0 cm³/mol. The molecule has 1 aromatic carbocycles. The summed E-state index contributed by atoms with van der Waals surface area (Å²) in [7, 11) is 1.66. The molecule has 1 unspecified atom stereocenters. The molecule has 4 heteroatoms. The fourth-order valence-electron chi connectivity index (χ4n) is 4.44. The van der Waals surface area contributed by atoms with Crippen LogP contribution in [0.25, 0.3) is 10.9 Å². The normalized spacial score (nSPS) is 30.2. The third-order valence-electron chi connectivity index (χ3n) is 5.82. The Morgan fingerprint density at radius 1 is 1.42 bits per heavy atom. The summed E-state index contributed by atoms with van der Waals surface area (Å²) >= 11 is 0. The summed E-state index contributed by atoms with van der Waals surface area (Å²) in [6.45, 7) is 6.07. The molecule has 0 radical (unpaired) electrons. The smallest absolute Gasteiger partial charge is 0.119 e. The van der Waals surface area contributed by atoms with Gasteiger partial charge in [-0.2, -0.15) is 0 Å². The van der Waals surface area contributed by atoms with Gasteiger partial charge in [-0.15, -0.1) is 6.58 Å². The first-order chi connectivity index (χ1) is 11.7. The number of benzene rings is 1. The molecule has 3 aliphatic rings. The number of rotatable bonds is 4. The minimum atomic E-state index is -0.504. The molecule has 0 amide bonds. The van der Waals surface area contributed by atoms with Crippen molar-refractivity contribution in [2.75, 3.05) is 20.2 Å². The van der Waals surface area contributed by atoms with Crippen LogP contribution in [0.2, 0.25) is 0 Å². The summed E-state index contributed by atoms with van der Waals surface area (Å²) in [5.74, 6) is 2.01. The highest BCUT2D eigenvalue weighted by Gasteiger charge is 2.42. The zero-order valence-electron chi connectivity index (χ0n) is 14.1. The molecule has 5 rings (SSSR count). The molecule has 24 heavy (non-hydrogen) atoms. The van der Waals surface area contributed by atoms with E-state index in [1.165, 1.54) is 6.42 Å². The Morgan fingerprint density at radius 2 is 2.29 bits per heavy atom. The standard InChI is InChI=1S/C20H24N2O2/c1-3-13-12-22-9-7-14(13)10-19(22)20(23)16-6-8-21-18-5-4-15(24-2)11-17(16)18/h3-6,8,11,13-14,19-20,23H,1,7,9-10,12H2,2H3/t13-,14-,19+,20+/m0/s1. The summed E-state index contributed by atoms with van der Waals surface area (Å²) < 4.78 is 5.35. The van der Waals surface area contributed by atoms with E-state index in [1.807, 2.05) is 24.3 Å². The molecule has 1 N–H and O–H groups in total. The van der Waals surface area contributed by atoms with Crippen LogP contribution in [0.5, 0.6) is 5.75 Å². The molecule has 3 aliphatic heterocycles. The highest BCUT2D eigenvalue weighted by atomic mass is 16.5. The van der Waals surface area contributed by atoms with Crippen molar-refractivity contribution >= 4 is 10.9 Å². The number of nitrogens with zero attached hydrogens (tertiary/aromatic N) is 2. The highest BCUT2D eigenvalue weighted by Crippen LogP contribution is 2.42. The molecule has 0 aliphatic carbocycles. The van der Waals surface area contributed by atoms with E-state index < -0.39 is 6.10 Å². The maximum absolute atomic E-state index is 11.2. The van der Waals surface area contributed by atoms with Gasteiger partial charge >= 0.3 is 0 Å². The second kappa shape index (κ2) is 6.19. The molecule has 0 spiro atoms. The summed E-state index contributed by atoms with van der Waals surface area (Å²) in [6.07, 6.45) is 5.62. The van der Waals surface area contributed by atoms with E-state index in [-0.39, 0.29) is 6.04 Å². The van der Waals surface area contributed by atoms with Gasteiger partial charge in [-0.25, -0.2) is 0 Å². The first-order valence-corrected chi connectivity index (χ1v) is 8.68. The van der Waals surface area contributed by atoms with Gasteiger partial charge in [0.05, 0.1) is 18.7 Å². The van der Waals surface area contributed by atoms with E-state index in [4.69, 9.17) is 4.74 Å². The second-order valence-electron chi connectivity index (χ2n) is 6.97. The molecule has 1 aromatic heterocycles. The number of fused-ring (bicyclic) bond motifs is 4. The first kappa shape index (κ1) is 15.6. The summed E-state index contributed by atoms with van der Waals surface area (Å²) in [6, 6.07) is 7.96. The van der Waals surface area contributed by atoms with Crippen molar-refractivity contribution < 1.29 is 9.84 Å². The van der Waals surface area contributed by atoms with Gasteiger partial charge in [0.15, 0.2) is 0 Å². The lowest BCUT2D eigenvalue weighted by Gasteiger charge is -2.50. The molecular weight excluding hydrogens is 300 g/mol. The minimum Gasteiger partial charge on any atom is -0.497 e. The number of hydrogen-bond donors (Lipinski definition) is 1. The van der Waals surface area contributed by atoms with Crippen molar-refractivity contribution in [1.82, 2.24) is 9.88 Å². The Morgan fingerprint density at radius 3 is 3.00 bits per heavy atom. The lowest BCUT2D eigenvalue weighted by atomic mass is 9.73. The van der Waals surface area contributed by atoms with E-state index in [0.717, 1.165) is 41.7 Å². The molecule has 4 heterocycles. The fourth-order valence-corrected chi connectivity index (χ4v) is 4.44. The van der Waals surface area contributed by atoms with Crippen molar-refractivity contribution in [3.05, 3.63) is 48.7 Å². The molecule has 5 atom stereocenters. The average Bonchev–Trinajstić information content (AvgIpc) is 2.66. The van der Waals surface area contributed by atoms with Crippen LogP contribution in [-0.2, 0) is 0 Å². The highest BCUT2D eigenvalue weighted by molar-refractivity contribution is 5.83. The Bertz CT molecular complexity index is 760. The molecule has 3 fully saturated rings. The van der Waals surface area contributed by atoms with Crippen LogP contribution in [-0.4, -0.2) is 41.2 Å². The largest absolute Gasteiger partial charge is 0.497 e. The molecule has 2 bridgehead atoms. The number of hydrogen-bond acceptors (Lipinski definition) is 4. The molecular formula is C20H24N2O2. The summed E-state index contributed by atoms with van der Waals surface area (Å²) in [5, 5.41) is 12.1. The van der Waals surface area contributed by atoms with Gasteiger partial charge in [0, 0.05) is 24.2 Å². The summed E-state index contributed by atoms with van der Waals surface area (Å²) in [4.78, 5) is 6.86. The number of pyridine rings is 1. The van der Waals surface area contributed by atoms with E-state index in [2.05, 4.69) is 22.5 Å². The van der Waals surface area contributed by atoms with Gasteiger partial charge in [-0.1, -0.05) is 6.08 Å². The van der Waals surface area contributed by atoms with Crippen LogP contribution in [0.4, 0.5) is 0 Å². The van der Waals surface area contributed by atoms with Crippen LogP contribution in [0.15, 0.2) is 43.1 Å². The molecule has 3 saturated heterocycles. The zero-order chi connectivity index (χ0) is 16.7. The zero-order valence-corrected chi connectivity index (χ0v) is 14.1. The van der Waals surface area contributed by atoms with Gasteiger partial charge < -0.3 is 9.84 Å². The predicted octanol–water partition coefficient (Wildman–Crippen LogP) is 3.17. The fraction of sp³-hybridized carbons (Fsp3) is 0.450. The SMILES string of the molecule is C=C[C@H]1CN2CC[C@H]1C[C@@H]2[C@H](O)c1ccnc2ccc(OC)cc12. The van der Waals surface area contributed by atoms with E-state index in [1.54, 1.807) is 13.3 Å². The van der Waals surface area contributed by atoms with Gasteiger partial charge in [0.1, 0.15) is 5.75 Å². The Labute approximate surface area is 142 Å². The maximum Gasteiger partial charge on any atom is 0.119 e. The van der Waals surface area contributed by atoms with Gasteiger partial charge in [0.2, 0.25) is 0 Å². The number of aliphatic hydroxyl groups is 1. The van der Waals surface area contributed by atoms with Crippen LogP contribution in [0.1, 0.15) is 24.5 Å². The first-order valence-electron chi connectivity index (χ1n) is 8.68. The summed E-state index contributed by atoms with van der Waals surface area (Å²) in [5.41, 5.74) is 1.85. The van der Waals surface area contributed by atoms with Gasteiger partial charge in [-0.05, 0) is 61.1 Å². The quantitative estimate of drug-likeness (QED) is 0.878. The number of aromatic nitrogens is 1. The lowest BCUT2D eigenvalue weighted by molar-refractivity contribution is -0.0444. The van der Waals surface area contributed by atoms with Crippen LogP contribution >= 0.6 is 0 Å². The van der Waals surface area contributed by atoms with Crippen LogP contribution in [0, 0.1) is 11.8 Å². The van der Waals surface area contributed by atoms with Crippen molar-refractivity contribution in [3.8, 4) is 5.75 Å². The topological polar surface area (TPSA) is 45.6 Å². The van der Waals surface area contributed by atoms with Crippen LogP contribution < -0.4 is 4.74 Å². The van der Waals surface area contributed by atoms with Gasteiger partial charge in [0.25, 0.3) is 0 Å². The Kier molecular flexibility index (Phi) is 4.02. The molecule has 2 aromatic rings. The van der Waals surface area contributed by atoms with E-state index >= 15 is 0 Å². The second-order valence-corrected chi connectivity index (χ2v) is 6.97. The maximum atomic E-state index is 11.2. The number of piperidine rings is 3. The minimum absolute atomic E-state index is 0.178. The van der Waals surface area contributed by atoms with E-state index in [9.17, 15) is 5.11 Å². The third-order valence-corrected chi connectivity index (χ3v) is 5.82. The Hall–Kier alpha value is -1.91. The van der Waals surface area contributed by atoms with E-state index in [0.29, 0.717) is 11.8 Å². The number of ether oxygens (including phenoxy) is 1. The Balaban J connectivity index is 1.69. The third kappa shape index (κ3) is 2.50. The van der Waals surface area contributed by atoms with Gasteiger partial charge in [-0.3, -0.25) is 9.88 Å².